The lowest BCUT2D eigenvalue weighted by Crippen LogP contribution is -2.36. The molecule has 0 saturated carbocycles. The summed E-state index contributed by atoms with van der Waals surface area (Å²) in [4.78, 5) is 19.7. The lowest BCUT2D eigenvalue weighted by Gasteiger charge is -2.28. The number of aromatic nitrogens is 4. The van der Waals surface area contributed by atoms with Gasteiger partial charge in [0.25, 0.3) is 0 Å². The Labute approximate surface area is 145 Å². The second kappa shape index (κ2) is 7.23. The van der Waals surface area contributed by atoms with Crippen LogP contribution in [0.1, 0.15) is 0 Å². The number of nitrogens with one attached hydrogen (secondary N) is 1. The fourth-order valence-electron chi connectivity index (χ4n) is 2.68. The largest absolute Gasteiger partial charge is 0.378 e. The molecule has 0 unspecified atom stereocenters. The molecule has 7 heteroatoms. The summed E-state index contributed by atoms with van der Waals surface area (Å²) in [7, 11) is 0. The third-order valence-electron chi connectivity index (χ3n) is 3.95. The summed E-state index contributed by atoms with van der Waals surface area (Å²) in [5.41, 5.74) is 2.61. The highest BCUT2D eigenvalue weighted by Crippen LogP contribution is 2.20. The Morgan fingerprint density at radius 3 is 2.56 bits per heavy atom. The molecule has 0 aromatic carbocycles. The van der Waals surface area contributed by atoms with Crippen LogP contribution >= 0.6 is 0 Å². The first kappa shape index (κ1) is 15.5. The second-order valence-electron chi connectivity index (χ2n) is 5.62. The van der Waals surface area contributed by atoms with E-state index < -0.39 is 0 Å². The first-order valence-corrected chi connectivity index (χ1v) is 8.18. The Morgan fingerprint density at radius 1 is 0.880 bits per heavy atom. The number of hydrogen-bond donors (Lipinski definition) is 1. The normalized spacial score (nSPS) is 14.3. The minimum absolute atomic E-state index is 0.717. The van der Waals surface area contributed by atoms with Crippen LogP contribution in [0.15, 0.2) is 55.1 Å². The molecule has 25 heavy (non-hydrogen) atoms. The van der Waals surface area contributed by atoms with Crippen LogP contribution in [0.4, 0.5) is 17.3 Å². The summed E-state index contributed by atoms with van der Waals surface area (Å²) < 4.78 is 5.38. The van der Waals surface area contributed by atoms with Gasteiger partial charge in [-0.1, -0.05) is 6.07 Å². The van der Waals surface area contributed by atoms with Crippen LogP contribution in [0.5, 0.6) is 0 Å². The van der Waals surface area contributed by atoms with E-state index in [1.165, 1.54) is 0 Å². The summed E-state index contributed by atoms with van der Waals surface area (Å²) in [6.07, 6.45) is 6.87. The number of ether oxygens (including phenoxy) is 1. The van der Waals surface area contributed by atoms with Crippen molar-refractivity contribution in [2.24, 2.45) is 0 Å². The topological polar surface area (TPSA) is 76.1 Å². The summed E-state index contributed by atoms with van der Waals surface area (Å²) in [5.74, 6) is 1.47. The Hall–Kier alpha value is -3.06. The quantitative estimate of drug-likeness (QED) is 0.785. The number of morpholine rings is 1. The number of hydrogen-bond acceptors (Lipinski definition) is 7. The van der Waals surface area contributed by atoms with Gasteiger partial charge in [0.1, 0.15) is 17.3 Å². The maximum absolute atomic E-state index is 5.38. The van der Waals surface area contributed by atoms with E-state index in [9.17, 15) is 0 Å². The molecular weight excluding hydrogens is 316 g/mol. The molecule has 4 rings (SSSR count). The van der Waals surface area contributed by atoms with Crippen molar-refractivity contribution >= 4 is 17.3 Å². The van der Waals surface area contributed by atoms with Crippen molar-refractivity contribution in [2.45, 2.75) is 0 Å². The second-order valence-corrected chi connectivity index (χ2v) is 5.62. The van der Waals surface area contributed by atoms with Crippen molar-refractivity contribution in [1.82, 2.24) is 19.9 Å². The Morgan fingerprint density at radius 2 is 1.80 bits per heavy atom. The molecule has 3 aromatic heterocycles. The van der Waals surface area contributed by atoms with Crippen LogP contribution in [0.25, 0.3) is 11.4 Å². The summed E-state index contributed by atoms with van der Waals surface area (Å²) in [5, 5.41) is 3.23. The van der Waals surface area contributed by atoms with Crippen LogP contribution in [-0.2, 0) is 4.74 Å². The van der Waals surface area contributed by atoms with Gasteiger partial charge in [-0.15, -0.1) is 0 Å². The molecule has 0 spiro atoms. The highest BCUT2D eigenvalue weighted by Gasteiger charge is 2.11. The van der Waals surface area contributed by atoms with Gasteiger partial charge in [-0.2, -0.15) is 0 Å². The van der Waals surface area contributed by atoms with Crippen LogP contribution < -0.4 is 10.2 Å². The van der Waals surface area contributed by atoms with E-state index in [-0.39, 0.29) is 0 Å². The lowest BCUT2D eigenvalue weighted by atomic mass is 10.3. The molecule has 126 valence electrons. The maximum atomic E-state index is 5.38. The first-order chi connectivity index (χ1) is 12.4. The molecule has 7 nitrogen and oxygen atoms in total. The van der Waals surface area contributed by atoms with Gasteiger partial charge in [0.15, 0.2) is 0 Å². The van der Waals surface area contributed by atoms with Crippen LogP contribution in [0.3, 0.4) is 0 Å². The number of anilines is 3. The highest BCUT2D eigenvalue weighted by molar-refractivity contribution is 5.60. The van der Waals surface area contributed by atoms with Crippen molar-refractivity contribution in [3.8, 4) is 11.4 Å². The highest BCUT2D eigenvalue weighted by atomic mass is 16.5. The van der Waals surface area contributed by atoms with Crippen LogP contribution in [0.2, 0.25) is 0 Å². The van der Waals surface area contributed by atoms with Gasteiger partial charge in [-0.05, 0) is 24.3 Å². The van der Waals surface area contributed by atoms with Crippen molar-refractivity contribution < 1.29 is 4.74 Å². The SMILES string of the molecule is c1cc(Nc2ccc(N3CCOCC3)cn2)nc(-c2cnccn2)c1. The van der Waals surface area contributed by atoms with Gasteiger partial charge in [0.2, 0.25) is 0 Å². The number of pyridine rings is 2. The minimum Gasteiger partial charge on any atom is -0.378 e. The van der Waals surface area contributed by atoms with E-state index in [1.54, 1.807) is 18.6 Å². The molecule has 1 aliphatic rings. The standard InChI is InChI=1S/C18H18N6O/c1-2-15(16-13-19-6-7-20-16)22-18(3-1)23-17-5-4-14(12-21-17)24-8-10-25-11-9-24/h1-7,12-13H,8-11H2,(H,21,22,23). The minimum atomic E-state index is 0.717. The molecule has 0 bridgehead atoms. The van der Waals surface area contributed by atoms with E-state index in [2.05, 4.69) is 36.2 Å². The lowest BCUT2D eigenvalue weighted by molar-refractivity contribution is 0.122. The summed E-state index contributed by atoms with van der Waals surface area (Å²) in [6, 6.07) is 9.76. The van der Waals surface area contributed by atoms with Crippen LogP contribution in [-0.4, -0.2) is 46.2 Å². The van der Waals surface area contributed by atoms with E-state index in [0.717, 1.165) is 55.0 Å². The van der Waals surface area contributed by atoms with Gasteiger partial charge < -0.3 is 15.0 Å². The van der Waals surface area contributed by atoms with Gasteiger partial charge in [-0.3, -0.25) is 9.97 Å². The molecule has 1 saturated heterocycles. The monoisotopic (exact) mass is 334 g/mol. The predicted molar refractivity (Wildman–Crippen MR) is 95.8 cm³/mol. The zero-order valence-electron chi connectivity index (χ0n) is 13.7. The summed E-state index contributed by atoms with van der Waals surface area (Å²) in [6.45, 7) is 3.32. The number of nitrogens with zero attached hydrogens (tertiary/aromatic N) is 5. The Bertz CT molecular complexity index is 818. The average Bonchev–Trinajstić information content (AvgIpc) is 2.70. The fourth-order valence-corrected chi connectivity index (χ4v) is 2.68. The third kappa shape index (κ3) is 3.72. The van der Waals surface area contributed by atoms with E-state index in [0.29, 0.717) is 0 Å². The molecule has 1 N–H and O–H groups in total. The molecule has 0 atom stereocenters. The summed E-state index contributed by atoms with van der Waals surface area (Å²) >= 11 is 0. The van der Waals surface area contributed by atoms with E-state index in [4.69, 9.17) is 4.74 Å². The molecule has 4 heterocycles. The smallest absolute Gasteiger partial charge is 0.132 e. The molecule has 0 radical (unpaired) electrons. The molecule has 0 amide bonds. The van der Waals surface area contributed by atoms with Crippen molar-refractivity contribution in [3.63, 3.8) is 0 Å². The molecular formula is C18H18N6O. The van der Waals surface area contributed by atoms with Crippen molar-refractivity contribution in [2.75, 3.05) is 36.5 Å². The van der Waals surface area contributed by atoms with E-state index >= 15 is 0 Å². The van der Waals surface area contributed by atoms with Gasteiger partial charge in [0.05, 0.1) is 37.0 Å². The maximum Gasteiger partial charge on any atom is 0.132 e. The Kier molecular flexibility index (Phi) is 4.47. The van der Waals surface area contributed by atoms with Gasteiger partial charge in [-0.25, -0.2) is 9.97 Å². The first-order valence-electron chi connectivity index (χ1n) is 8.18. The van der Waals surface area contributed by atoms with Crippen LogP contribution in [0, 0.1) is 0 Å². The van der Waals surface area contributed by atoms with Gasteiger partial charge >= 0.3 is 0 Å². The van der Waals surface area contributed by atoms with Gasteiger partial charge in [0, 0.05) is 25.5 Å². The Balaban J connectivity index is 1.48. The fraction of sp³-hybridized carbons (Fsp3) is 0.222. The molecule has 0 aliphatic carbocycles. The zero-order chi connectivity index (χ0) is 16.9. The average molecular weight is 334 g/mol. The molecule has 3 aromatic rings. The number of rotatable bonds is 4. The molecule has 1 aliphatic heterocycles. The van der Waals surface area contributed by atoms with E-state index in [1.807, 2.05) is 30.5 Å². The predicted octanol–water partition coefficient (Wildman–Crippen LogP) is 2.51. The van der Waals surface area contributed by atoms with Crippen molar-refractivity contribution in [3.05, 3.63) is 55.1 Å². The van der Waals surface area contributed by atoms with Crippen molar-refractivity contribution in [1.29, 1.82) is 0 Å². The molecule has 1 fully saturated rings. The zero-order valence-corrected chi connectivity index (χ0v) is 13.7. The third-order valence-corrected chi connectivity index (χ3v) is 3.95.